The van der Waals surface area contributed by atoms with Gasteiger partial charge in [-0.15, -0.1) is 0 Å². The monoisotopic (exact) mass is 453 g/mol. The van der Waals surface area contributed by atoms with Crippen molar-refractivity contribution in [3.63, 3.8) is 0 Å². The summed E-state index contributed by atoms with van der Waals surface area (Å²) < 4.78 is 18.1. The molecule has 0 radical (unpaired) electrons. The van der Waals surface area contributed by atoms with Gasteiger partial charge in [0.2, 0.25) is 0 Å². The van der Waals surface area contributed by atoms with Gasteiger partial charge in [-0.25, -0.2) is 9.78 Å². The number of benzene rings is 1. The molecule has 0 spiro atoms. The zero-order valence-corrected chi connectivity index (χ0v) is 20.9. The molecular weight excluding hydrogens is 417 g/mol. The summed E-state index contributed by atoms with van der Waals surface area (Å²) in [6, 6.07) is 8.02. The number of ether oxygens (including phenoxy) is 1. The van der Waals surface area contributed by atoms with E-state index in [1.165, 1.54) is 0 Å². The molecule has 1 N–H and O–H groups in total. The molecule has 178 valence electrons. The number of hydrogen-bond acceptors (Lipinski definition) is 5. The normalized spacial score (nSPS) is 22.5. The van der Waals surface area contributed by atoms with Crippen LogP contribution < -0.4 is 5.46 Å². The summed E-state index contributed by atoms with van der Waals surface area (Å²) in [5.74, 6) is 0.789. The standard InChI is InChI=1S/C25H36BN3O4/c1-23(2,3)31-22(30)29-14-9-8-13-20(29)21-27-16-19(28-21)17-11-10-12-18(15-17)26-32-24(4,5)25(6,7)33-26/h10-12,15-16,20H,8-9,13-14H2,1-7H3,(H,27,28)/t20-/m0/s1. The highest BCUT2D eigenvalue weighted by Gasteiger charge is 2.51. The van der Waals surface area contributed by atoms with Gasteiger partial charge in [0.1, 0.15) is 11.4 Å². The number of imidazole rings is 1. The third kappa shape index (κ3) is 4.97. The van der Waals surface area contributed by atoms with Crippen LogP contribution in [0.4, 0.5) is 4.79 Å². The molecule has 1 aromatic carbocycles. The van der Waals surface area contributed by atoms with E-state index in [4.69, 9.17) is 14.0 Å². The molecule has 2 aromatic rings. The molecular formula is C25H36BN3O4. The molecule has 4 rings (SSSR count). The van der Waals surface area contributed by atoms with Crippen LogP contribution in [0.3, 0.4) is 0 Å². The van der Waals surface area contributed by atoms with E-state index in [2.05, 4.69) is 43.7 Å². The number of nitrogens with one attached hydrogen (secondary N) is 1. The van der Waals surface area contributed by atoms with Crippen LogP contribution in [0.15, 0.2) is 30.5 Å². The second-order valence-corrected chi connectivity index (χ2v) is 11.1. The summed E-state index contributed by atoms with van der Waals surface area (Å²) in [5, 5.41) is 0. The van der Waals surface area contributed by atoms with E-state index in [1.807, 2.05) is 45.2 Å². The summed E-state index contributed by atoms with van der Waals surface area (Å²) >= 11 is 0. The molecule has 0 aliphatic carbocycles. The molecule has 1 aromatic heterocycles. The lowest BCUT2D eigenvalue weighted by Crippen LogP contribution is -2.42. The molecule has 2 saturated heterocycles. The quantitative estimate of drug-likeness (QED) is 0.674. The van der Waals surface area contributed by atoms with Gasteiger partial charge in [0.25, 0.3) is 0 Å². The van der Waals surface area contributed by atoms with E-state index < -0.39 is 12.7 Å². The lowest BCUT2D eigenvalue weighted by atomic mass is 9.78. The predicted molar refractivity (Wildman–Crippen MR) is 129 cm³/mol. The van der Waals surface area contributed by atoms with Crippen molar-refractivity contribution in [2.24, 2.45) is 0 Å². The van der Waals surface area contributed by atoms with E-state index in [0.29, 0.717) is 6.54 Å². The third-order valence-corrected chi connectivity index (χ3v) is 6.76. The molecule has 2 aliphatic rings. The fraction of sp³-hybridized carbons (Fsp3) is 0.600. The Kier molecular flexibility index (Phi) is 6.12. The Morgan fingerprint density at radius 3 is 2.55 bits per heavy atom. The van der Waals surface area contributed by atoms with Gasteiger partial charge in [0.05, 0.1) is 29.1 Å². The SMILES string of the molecule is CC(C)(C)OC(=O)N1CCCC[C@H]1c1ncc(-c2cccc(B3OC(C)(C)C(C)(C)O3)c2)[nH]1. The number of piperidine rings is 1. The van der Waals surface area contributed by atoms with Crippen molar-refractivity contribution in [3.05, 3.63) is 36.3 Å². The average Bonchev–Trinajstić information content (AvgIpc) is 3.29. The van der Waals surface area contributed by atoms with Crippen LogP contribution in [0.5, 0.6) is 0 Å². The molecule has 1 atom stereocenters. The van der Waals surface area contributed by atoms with Crippen LogP contribution in [-0.4, -0.2) is 51.4 Å². The zero-order chi connectivity index (χ0) is 24.0. The molecule has 8 heteroatoms. The first-order valence-corrected chi connectivity index (χ1v) is 11.9. The van der Waals surface area contributed by atoms with Gasteiger partial charge in [-0.05, 0) is 78.8 Å². The number of carbonyl (C=O) groups is 1. The summed E-state index contributed by atoms with van der Waals surface area (Å²) in [4.78, 5) is 22.7. The third-order valence-electron chi connectivity index (χ3n) is 6.76. The highest BCUT2D eigenvalue weighted by Crippen LogP contribution is 2.37. The van der Waals surface area contributed by atoms with Gasteiger partial charge in [0, 0.05) is 6.54 Å². The van der Waals surface area contributed by atoms with Crippen LogP contribution in [-0.2, 0) is 14.0 Å². The topological polar surface area (TPSA) is 76.7 Å². The van der Waals surface area contributed by atoms with Crippen molar-refractivity contribution in [1.29, 1.82) is 0 Å². The van der Waals surface area contributed by atoms with E-state index in [9.17, 15) is 4.79 Å². The van der Waals surface area contributed by atoms with Crippen LogP contribution in [0.2, 0.25) is 0 Å². The van der Waals surface area contributed by atoms with E-state index in [1.54, 1.807) is 4.90 Å². The summed E-state index contributed by atoms with van der Waals surface area (Å²) in [6.07, 6.45) is 4.44. The van der Waals surface area contributed by atoms with Crippen LogP contribution in [0, 0.1) is 0 Å². The van der Waals surface area contributed by atoms with Gasteiger partial charge in [-0.3, -0.25) is 4.90 Å². The number of H-pyrrole nitrogens is 1. The molecule has 2 fully saturated rings. The number of rotatable bonds is 3. The molecule has 7 nitrogen and oxygen atoms in total. The second-order valence-electron chi connectivity index (χ2n) is 11.1. The van der Waals surface area contributed by atoms with Crippen LogP contribution >= 0.6 is 0 Å². The van der Waals surface area contributed by atoms with Crippen LogP contribution in [0.25, 0.3) is 11.3 Å². The van der Waals surface area contributed by atoms with Gasteiger partial charge in [0.15, 0.2) is 0 Å². The minimum absolute atomic E-state index is 0.117. The van der Waals surface area contributed by atoms with Crippen LogP contribution in [0.1, 0.15) is 79.6 Å². The van der Waals surface area contributed by atoms with Crippen molar-refractivity contribution in [2.45, 2.75) is 90.6 Å². The maximum atomic E-state index is 12.8. The highest BCUT2D eigenvalue weighted by molar-refractivity contribution is 6.62. The number of carbonyl (C=O) groups excluding carboxylic acids is 1. The van der Waals surface area contributed by atoms with Gasteiger partial charge >= 0.3 is 13.2 Å². The van der Waals surface area contributed by atoms with Gasteiger partial charge in [-0.1, -0.05) is 24.3 Å². The zero-order valence-electron chi connectivity index (χ0n) is 20.9. The number of hydrogen-bond donors (Lipinski definition) is 1. The van der Waals surface area contributed by atoms with Crippen molar-refractivity contribution < 1.29 is 18.8 Å². The van der Waals surface area contributed by atoms with E-state index in [0.717, 1.165) is 41.8 Å². The largest absolute Gasteiger partial charge is 0.494 e. The molecule has 0 unspecified atom stereocenters. The smallest absolute Gasteiger partial charge is 0.444 e. The Bertz CT molecular complexity index is 995. The van der Waals surface area contributed by atoms with E-state index in [-0.39, 0.29) is 23.3 Å². The Hall–Kier alpha value is -2.32. The maximum Gasteiger partial charge on any atom is 0.494 e. The minimum atomic E-state index is -0.526. The van der Waals surface area contributed by atoms with Crippen molar-refractivity contribution in [1.82, 2.24) is 14.9 Å². The van der Waals surface area contributed by atoms with Crippen molar-refractivity contribution >= 4 is 18.7 Å². The molecule has 3 heterocycles. The number of nitrogens with zero attached hydrogens (tertiary/aromatic N) is 2. The number of amides is 1. The lowest BCUT2D eigenvalue weighted by Gasteiger charge is -2.35. The molecule has 1 amide bonds. The number of aromatic nitrogens is 2. The molecule has 0 bridgehead atoms. The number of likely N-dealkylation sites (tertiary alicyclic amines) is 1. The Labute approximate surface area is 197 Å². The summed E-state index contributed by atoms with van der Waals surface area (Å²) in [5.41, 5.74) is 1.57. The fourth-order valence-corrected chi connectivity index (χ4v) is 4.24. The fourth-order valence-electron chi connectivity index (χ4n) is 4.24. The van der Waals surface area contributed by atoms with Gasteiger partial charge in [-0.2, -0.15) is 0 Å². The Morgan fingerprint density at radius 2 is 1.88 bits per heavy atom. The Balaban J connectivity index is 1.55. The van der Waals surface area contributed by atoms with Crippen molar-refractivity contribution in [2.75, 3.05) is 6.54 Å². The maximum absolute atomic E-state index is 12.8. The minimum Gasteiger partial charge on any atom is -0.444 e. The van der Waals surface area contributed by atoms with E-state index >= 15 is 0 Å². The number of aromatic amines is 1. The average molecular weight is 453 g/mol. The molecule has 33 heavy (non-hydrogen) atoms. The lowest BCUT2D eigenvalue weighted by molar-refractivity contribution is 0.00578. The summed E-state index contributed by atoms with van der Waals surface area (Å²) in [6.45, 7) is 14.6. The predicted octanol–water partition coefficient (Wildman–Crippen LogP) is 4.84. The van der Waals surface area contributed by atoms with Gasteiger partial charge < -0.3 is 19.0 Å². The first-order chi connectivity index (χ1) is 15.4. The first kappa shape index (κ1) is 23.8. The molecule has 2 aliphatic heterocycles. The highest BCUT2D eigenvalue weighted by atomic mass is 16.7. The summed E-state index contributed by atoms with van der Waals surface area (Å²) in [7, 11) is -0.418. The van der Waals surface area contributed by atoms with Crippen molar-refractivity contribution in [3.8, 4) is 11.3 Å². The Morgan fingerprint density at radius 1 is 1.18 bits per heavy atom. The first-order valence-electron chi connectivity index (χ1n) is 11.9. The second kappa shape index (κ2) is 8.47. The molecule has 0 saturated carbocycles.